The fourth-order valence-corrected chi connectivity index (χ4v) is 1.63. The van der Waals surface area contributed by atoms with E-state index in [-0.39, 0.29) is 6.61 Å². The minimum Gasteiger partial charge on any atom is -0.392 e. The second-order valence-corrected chi connectivity index (χ2v) is 3.66. The van der Waals surface area contributed by atoms with Crippen LogP contribution in [0.2, 0.25) is 0 Å². The van der Waals surface area contributed by atoms with Gasteiger partial charge in [0, 0.05) is 5.69 Å². The van der Waals surface area contributed by atoms with Gasteiger partial charge in [-0.05, 0) is 37.6 Å². The standard InChI is InChI=1S/C12H14N2O/c1-9-7-10(2)14(13-9)12-5-3-11(8-15)4-6-12/h3-7,15H,8H2,1-2H3. The lowest BCUT2D eigenvalue weighted by Gasteiger charge is -2.04. The van der Waals surface area contributed by atoms with Crippen molar-refractivity contribution in [1.29, 1.82) is 0 Å². The van der Waals surface area contributed by atoms with Gasteiger partial charge in [-0.15, -0.1) is 0 Å². The van der Waals surface area contributed by atoms with E-state index in [4.69, 9.17) is 5.11 Å². The number of aliphatic hydroxyl groups excluding tert-OH is 1. The maximum Gasteiger partial charge on any atom is 0.0681 e. The fraction of sp³-hybridized carbons (Fsp3) is 0.250. The monoisotopic (exact) mass is 202 g/mol. The van der Waals surface area contributed by atoms with Crippen LogP contribution in [-0.4, -0.2) is 14.9 Å². The summed E-state index contributed by atoms with van der Waals surface area (Å²) in [6.45, 7) is 4.09. The summed E-state index contributed by atoms with van der Waals surface area (Å²) in [6.07, 6.45) is 0. The molecular weight excluding hydrogens is 188 g/mol. The Labute approximate surface area is 89.0 Å². The van der Waals surface area contributed by atoms with E-state index in [1.165, 1.54) is 0 Å². The van der Waals surface area contributed by atoms with E-state index >= 15 is 0 Å². The number of aryl methyl sites for hydroxylation is 2. The van der Waals surface area contributed by atoms with Crippen LogP contribution in [0.3, 0.4) is 0 Å². The number of aromatic nitrogens is 2. The molecule has 1 N–H and O–H groups in total. The van der Waals surface area contributed by atoms with Crippen LogP contribution >= 0.6 is 0 Å². The minimum absolute atomic E-state index is 0.0808. The highest BCUT2D eigenvalue weighted by molar-refractivity contribution is 5.35. The van der Waals surface area contributed by atoms with E-state index in [1.807, 2.05) is 48.9 Å². The number of hydrogen-bond donors (Lipinski definition) is 1. The van der Waals surface area contributed by atoms with Crippen LogP contribution in [0, 0.1) is 13.8 Å². The average molecular weight is 202 g/mol. The summed E-state index contributed by atoms with van der Waals surface area (Å²) >= 11 is 0. The molecule has 0 fully saturated rings. The summed E-state index contributed by atoms with van der Waals surface area (Å²) < 4.78 is 1.90. The molecule has 0 saturated heterocycles. The Balaban J connectivity index is 2.41. The smallest absolute Gasteiger partial charge is 0.0681 e. The van der Waals surface area contributed by atoms with E-state index in [0.29, 0.717) is 0 Å². The van der Waals surface area contributed by atoms with Crippen LogP contribution < -0.4 is 0 Å². The van der Waals surface area contributed by atoms with Crippen molar-refractivity contribution in [2.75, 3.05) is 0 Å². The molecule has 0 radical (unpaired) electrons. The molecule has 3 nitrogen and oxygen atoms in total. The highest BCUT2D eigenvalue weighted by Crippen LogP contribution is 2.12. The van der Waals surface area contributed by atoms with Crippen molar-refractivity contribution in [3.63, 3.8) is 0 Å². The Bertz CT molecular complexity index is 457. The van der Waals surface area contributed by atoms with Crippen LogP contribution in [0.4, 0.5) is 0 Å². The second-order valence-electron chi connectivity index (χ2n) is 3.66. The van der Waals surface area contributed by atoms with Gasteiger partial charge in [0.2, 0.25) is 0 Å². The van der Waals surface area contributed by atoms with Crippen molar-refractivity contribution in [3.8, 4) is 5.69 Å². The van der Waals surface area contributed by atoms with Crippen molar-refractivity contribution < 1.29 is 5.11 Å². The van der Waals surface area contributed by atoms with Gasteiger partial charge in [-0.2, -0.15) is 5.10 Å². The first-order chi connectivity index (χ1) is 7.20. The summed E-state index contributed by atoms with van der Waals surface area (Å²) in [7, 11) is 0. The van der Waals surface area contributed by atoms with Gasteiger partial charge in [0.15, 0.2) is 0 Å². The molecule has 0 saturated carbocycles. The zero-order chi connectivity index (χ0) is 10.8. The summed E-state index contributed by atoms with van der Waals surface area (Å²) in [5.74, 6) is 0. The molecular formula is C12H14N2O. The Hall–Kier alpha value is -1.61. The number of benzene rings is 1. The first-order valence-electron chi connectivity index (χ1n) is 4.94. The molecule has 1 aromatic carbocycles. The third kappa shape index (κ3) is 1.92. The molecule has 0 bridgehead atoms. The molecule has 1 heterocycles. The fourth-order valence-electron chi connectivity index (χ4n) is 1.63. The normalized spacial score (nSPS) is 10.6. The van der Waals surface area contributed by atoms with Gasteiger partial charge >= 0.3 is 0 Å². The molecule has 0 aliphatic rings. The van der Waals surface area contributed by atoms with Gasteiger partial charge in [-0.1, -0.05) is 12.1 Å². The third-order valence-electron chi connectivity index (χ3n) is 2.37. The van der Waals surface area contributed by atoms with Gasteiger partial charge in [0.25, 0.3) is 0 Å². The van der Waals surface area contributed by atoms with Crippen LogP contribution in [0.5, 0.6) is 0 Å². The predicted molar refractivity (Wildman–Crippen MR) is 59.0 cm³/mol. The number of aliphatic hydroxyl groups is 1. The second kappa shape index (κ2) is 3.87. The van der Waals surface area contributed by atoms with Crippen LogP contribution in [-0.2, 0) is 6.61 Å². The Morgan fingerprint density at radius 3 is 2.33 bits per heavy atom. The van der Waals surface area contributed by atoms with E-state index in [9.17, 15) is 0 Å². The maximum absolute atomic E-state index is 8.94. The first-order valence-corrected chi connectivity index (χ1v) is 4.94. The molecule has 2 aromatic rings. The van der Waals surface area contributed by atoms with E-state index in [1.54, 1.807) is 0 Å². The predicted octanol–water partition coefficient (Wildman–Crippen LogP) is 1.98. The van der Waals surface area contributed by atoms with Crippen molar-refractivity contribution in [3.05, 3.63) is 47.3 Å². The quantitative estimate of drug-likeness (QED) is 0.808. The molecule has 78 valence electrons. The zero-order valence-electron chi connectivity index (χ0n) is 8.94. The molecule has 0 spiro atoms. The first kappa shape index (κ1) is 9.93. The van der Waals surface area contributed by atoms with E-state index in [2.05, 4.69) is 5.10 Å². The highest BCUT2D eigenvalue weighted by Gasteiger charge is 2.02. The topological polar surface area (TPSA) is 38.0 Å². The van der Waals surface area contributed by atoms with Gasteiger partial charge in [0.1, 0.15) is 0 Å². The molecule has 0 aliphatic carbocycles. The molecule has 15 heavy (non-hydrogen) atoms. The lowest BCUT2D eigenvalue weighted by Crippen LogP contribution is -1.99. The lowest BCUT2D eigenvalue weighted by atomic mass is 10.2. The van der Waals surface area contributed by atoms with E-state index < -0.39 is 0 Å². The Kier molecular flexibility index (Phi) is 2.56. The van der Waals surface area contributed by atoms with Gasteiger partial charge in [-0.25, -0.2) is 4.68 Å². The van der Waals surface area contributed by atoms with Crippen molar-refractivity contribution in [2.24, 2.45) is 0 Å². The number of rotatable bonds is 2. The third-order valence-corrected chi connectivity index (χ3v) is 2.37. The molecule has 2 rings (SSSR count). The minimum atomic E-state index is 0.0808. The van der Waals surface area contributed by atoms with Gasteiger partial charge in [-0.3, -0.25) is 0 Å². The number of nitrogens with zero attached hydrogens (tertiary/aromatic N) is 2. The van der Waals surface area contributed by atoms with Crippen LogP contribution in [0.1, 0.15) is 17.0 Å². The molecule has 3 heteroatoms. The van der Waals surface area contributed by atoms with E-state index in [0.717, 1.165) is 22.6 Å². The van der Waals surface area contributed by atoms with Crippen molar-refractivity contribution >= 4 is 0 Å². The largest absolute Gasteiger partial charge is 0.392 e. The summed E-state index contributed by atoms with van der Waals surface area (Å²) in [4.78, 5) is 0. The molecule has 0 aliphatic heterocycles. The molecule has 1 aromatic heterocycles. The summed E-state index contributed by atoms with van der Waals surface area (Å²) in [5, 5.41) is 13.3. The highest BCUT2D eigenvalue weighted by atomic mass is 16.3. The lowest BCUT2D eigenvalue weighted by molar-refractivity contribution is 0.282. The summed E-state index contributed by atoms with van der Waals surface area (Å²) in [5.41, 5.74) is 4.07. The summed E-state index contributed by atoms with van der Waals surface area (Å²) in [6, 6.07) is 9.79. The van der Waals surface area contributed by atoms with Crippen molar-refractivity contribution in [1.82, 2.24) is 9.78 Å². The molecule has 0 amide bonds. The molecule has 0 atom stereocenters. The van der Waals surface area contributed by atoms with Gasteiger partial charge in [0.05, 0.1) is 18.0 Å². The van der Waals surface area contributed by atoms with Crippen molar-refractivity contribution in [2.45, 2.75) is 20.5 Å². The number of hydrogen-bond acceptors (Lipinski definition) is 2. The van der Waals surface area contributed by atoms with Crippen LogP contribution in [0.15, 0.2) is 30.3 Å². The SMILES string of the molecule is Cc1cc(C)n(-c2ccc(CO)cc2)n1. The Morgan fingerprint density at radius 2 is 1.87 bits per heavy atom. The van der Waals surface area contributed by atoms with Gasteiger partial charge < -0.3 is 5.11 Å². The average Bonchev–Trinajstić information content (AvgIpc) is 2.58. The zero-order valence-corrected chi connectivity index (χ0v) is 8.94. The van der Waals surface area contributed by atoms with Crippen LogP contribution in [0.25, 0.3) is 5.69 Å². The molecule has 0 unspecified atom stereocenters. The Morgan fingerprint density at radius 1 is 1.20 bits per heavy atom. The maximum atomic E-state index is 8.94.